The average molecular weight is 383 g/mol. The molecule has 0 spiro atoms. The van der Waals surface area contributed by atoms with Gasteiger partial charge in [0.15, 0.2) is 0 Å². The van der Waals surface area contributed by atoms with Gasteiger partial charge in [0, 0.05) is 12.5 Å². The monoisotopic (exact) mass is 383 g/mol. The van der Waals surface area contributed by atoms with Gasteiger partial charge in [-0.2, -0.15) is 0 Å². The second-order valence-corrected chi connectivity index (χ2v) is 6.01. The van der Waals surface area contributed by atoms with Crippen molar-refractivity contribution in [2.75, 3.05) is 0 Å². The summed E-state index contributed by atoms with van der Waals surface area (Å²) in [6.07, 6.45) is 2.21. The van der Waals surface area contributed by atoms with Gasteiger partial charge >= 0.3 is 11.9 Å². The highest BCUT2D eigenvalue weighted by atomic mass is 16.5. The van der Waals surface area contributed by atoms with E-state index < -0.39 is 23.9 Å². The summed E-state index contributed by atoms with van der Waals surface area (Å²) in [6, 6.07) is 15.6. The Morgan fingerprint density at radius 2 is 1.68 bits per heavy atom. The molecule has 0 radical (unpaired) electrons. The standard InChI is InChI=1S/C21H21NO6/c23-19(22-18(21(26)27)11-13-20(24)25)12-8-15-6-9-17(10-7-15)28-14-16-4-2-1-3-5-16/h1-10,12,18H,11,13-14H2,(H,22,23)(H,24,25)(H,26,27)/b12-8+. The lowest BCUT2D eigenvalue weighted by Gasteiger charge is -2.11. The van der Waals surface area contributed by atoms with E-state index in [9.17, 15) is 14.4 Å². The molecule has 1 amide bonds. The minimum Gasteiger partial charge on any atom is -0.489 e. The smallest absolute Gasteiger partial charge is 0.326 e. The Morgan fingerprint density at radius 3 is 2.29 bits per heavy atom. The van der Waals surface area contributed by atoms with Crippen molar-refractivity contribution >= 4 is 23.9 Å². The number of amides is 1. The predicted molar refractivity (Wildman–Crippen MR) is 103 cm³/mol. The van der Waals surface area contributed by atoms with Crippen LogP contribution in [0, 0.1) is 0 Å². The number of nitrogens with one attached hydrogen (secondary N) is 1. The van der Waals surface area contributed by atoms with Gasteiger partial charge in [0.05, 0.1) is 0 Å². The molecule has 1 atom stereocenters. The van der Waals surface area contributed by atoms with Crippen molar-refractivity contribution in [2.24, 2.45) is 0 Å². The first-order chi connectivity index (χ1) is 13.4. The van der Waals surface area contributed by atoms with Crippen molar-refractivity contribution in [3.8, 4) is 5.75 Å². The number of hydrogen-bond donors (Lipinski definition) is 3. The first-order valence-electron chi connectivity index (χ1n) is 8.64. The van der Waals surface area contributed by atoms with Crippen LogP contribution in [0.4, 0.5) is 0 Å². The third-order valence-corrected chi connectivity index (χ3v) is 3.82. The van der Waals surface area contributed by atoms with Gasteiger partial charge in [-0.05, 0) is 35.8 Å². The molecule has 2 aromatic carbocycles. The van der Waals surface area contributed by atoms with E-state index in [1.54, 1.807) is 24.3 Å². The van der Waals surface area contributed by atoms with Crippen LogP contribution in [-0.4, -0.2) is 34.1 Å². The van der Waals surface area contributed by atoms with Crippen LogP contribution in [0.2, 0.25) is 0 Å². The Balaban J connectivity index is 1.86. The summed E-state index contributed by atoms with van der Waals surface area (Å²) in [7, 11) is 0. The molecule has 0 heterocycles. The van der Waals surface area contributed by atoms with Gasteiger partial charge in [0.1, 0.15) is 18.4 Å². The van der Waals surface area contributed by atoms with Crippen molar-refractivity contribution in [3.05, 3.63) is 71.8 Å². The molecule has 7 nitrogen and oxygen atoms in total. The van der Waals surface area contributed by atoms with Crippen molar-refractivity contribution in [2.45, 2.75) is 25.5 Å². The molecule has 0 aromatic heterocycles. The van der Waals surface area contributed by atoms with E-state index >= 15 is 0 Å². The van der Waals surface area contributed by atoms with E-state index in [0.29, 0.717) is 12.4 Å². The number of carboxylic acid groups (broad SMARTS) is 2. The summed E-state index contributed by atoms with van der Waals surface area (Å²) in [5.41, 5.74) is 1.79. The Morgan fingerprint density at radius 1 is 1.00 bits per heavy atom. The summed E-state index contributed by atoms with van der Waals surface area (Å²) >= 11 is 0. The Kier molecular flexibility index (Phi) is 7.77. The van der Waals surface area contributed by atoms with Crippen LogP contribution in [0.1, 0.15) is 24.0 Å². The van der Waals surface area contributed by atoms with E-state index in [-0.39, 0.29) is 12.8 Å². The molecule has 1 unspecified atom stereocenters. The number of benzene rings is 2. The van der Waals surface area contributed by atoms with Gasteiger partial charge in [0.2, 0.25) is 5.91 Å². The van der Waals surface area contributed by atoms with Crippen LogP contribution < -0.4 is 10.1 Å². The summed E-state index contributed by atoms with van der Waals surface area (Å²) in [5, 5.41) is 19.9. The fourth-order valence-corrected chi connectivity index (χ4v) is 2.33. The van der Waals surface area contributed by atoms with Crippen LogP contribution in [0.5, 0.6) is 5.75 Å². The minimum absolute atomic E-state index is 0.183. The first-order valence-corrected chi connectivity index (χ1v) is 8.64. The molecule has 28 heavy (non-hydrogen) atoms. The SMILES string of the molecule is O=C(O)CCC(NC(=O)/C=C/c1ccc(OCc2ccccc2)cc1)C(=O)O. The fraction of sp³-hybridized carbons (Fsp3) is 0.190. The van der Waals surface area contributed by atoms with Gasteiger partial charge in [-0.15, -0.1) is 0 Å². The number of carboxylic acids is 2. The summed E-state index contributed by atoms with van der Waals surface area (Å²) in [5.74, 6) is -2.32. The van der Waals surface area contributed by atoms with Crippen LogP contribution in [-0.2, 0) is 21.0 Å². The maximum absolute atomic E-state index is 11.9. The number of aliphatic carboxylic acids is 2. The molecule has 0 bridgehead atoms. The van der Waals surface area contributed by atoms with E-state index in [4.69, 9.17) is 14.9 Å². The summed E-state index contributed by atoms with van der Waals surface area (Å²) < 4.78 is 5.68. The zero-order valence-electron chi connectivity index (χ0n) is 15.1. The third-order valence-electron chi connectivity index (χ3n) is 3.82. The molecule has 0 aliphatic rings. The summed E-state index contributed by atoms with van der Waals surface area (Å²) in [6.45, 7) is 0.450. The maximum Gasteiger partial charge on any atom is 0.326 e. The van der Waals surface area contributed by atoms with Gasteiger partial charge in [-0.1, -0.05) is 42.5 Å². The lowest BCUT2D eigenvalue weighted by Crippen LogP contribution is -2.40. The van der Waals surface area contributed by atoms with Crippen LogP contribution >= 0.6 is 0 Å². The van der Waals surface area contributed by atoms with E-state index in [1.165, 1.54) is 12.2 Å². The molecule has 0 saturated heterocycles. The highest BCUT2D eigenvalue weighted by Crippen LogP contribution is 2.15. The molecule has 2 rings (SSSR count). The normalized spacial score (nSPS) is 11.7. The zero-order valence-corrected chi connectivity index (χ0v) is 15.1. The molecule has 0 aliphatic carbocycles. The van der Waals surface area contributed by atoms with Gasteiger partial charge < -0.3 is 20.3 Å². The van der Waals surface area contributed by atoms with E-state index in [1.807, 2.05) is 30.3 Å². The lowest BCUT2D eigenvalue weighted by atomic mass is 10.1. The van der Waals surface area contributed by atoms with Gasteiger partial charge in [0.25, 0.3) is 0 Å². The second-order valence-electron chi connectivity index (χ2n) is 6.01. The molecule has 7 heteroatoms. The van der Waals surface area contributed by atoms with E-state index in [2.05, 4.69) is 5.32 Å². The molecule has 0 saturated carbocycles. The molecular formula is C21H21NO6. The predicted octanol–water partition coefficient (Wildman–Crippen LogP) is 2.71. The number of carbonyl (C=O) groups is 3. The molecule has 3 N–H and O–H groups in total. The number of carbonyl (C=O) groups excluding carboxylic acids is 1. The summed E-state index contributed by atoms with van der Waals surface area (Å²) in [4.78, 5) is 33.5. The highest BCUT2D eigenvalue weighted by Gasteiger charge is 2.19. The van der Waals surface area contributed by atoms with Crippen LogP contribution in [0.15, 0.2) is 60.7 Å². The number of rotatable bonds is 10. The van der Waals surface area contributed by atoms with Gasteiger partial charge in [-0.3, -0.25) is 9.59 Å². The molecule has 146 valence electrons. The molecule has 0 aliphatic heterocycles. The zero-order chi connectivity index (χ0) is 20.4. The lowest BCUT2D eigenvalue weighted by molar-refractivity contribution is -0.142. The largest absolute Gasteiger partial charge is 0.489 e. The van der Waals surface area contributed by atoms with Crippen LogP contribution in [0.3, 0.4) is 0 Å². The second kappa shape index (κ2) is 10.5. The maximum atomic E-state index is 11.9. The molecule has 2 aromatic rings. The van der Waals surface area contributed by atoms with E-state index in [0.717, 1.165) is 11.1 Å². The minimum atomic E-state index is -1.28. The third kappa shape index (κ3) is 7.33. The number of ether oxygens (including phenoxy) is 1. The first kappa shape index (κ1) is 20.7. The number of hydrogen-bond acceptors (Lipinski definition) is 4. The molecule has 0 fully saturated rings. The van der Waals surface area contributed by atoms with Gasteiger partial charge in [-0.25, -0.2) is 4.79 Å². The van der Waals surface area contributed by atoms with Crippen molar-refractivity contribution < 1.29 is 29.3 Å². The molecular weight excluding hydrogens is 362 g/mol. The van der Waals surface area contributed by atoms with Crippen molar-refractivity contribution in [1.82, 2.24) is 5.32 Å². The Hall–Kier alpha value is -3.61. The topological polar surface area (TPSA) is 113 Å². The Labute approximate surface area is 162 Å². The Bertz CT molecular complexity index is 830. The van der Waals surface area contributed by atoms with Crippen LogP contribution in [0.25, 0.3) is 6.08 Å². The quantitative estimate of drug-likeness (QED) is 0.544. The average Bonchev–Trinajstić information content (AvgIpc) is 2.69. The fourth-order valence-electron chi connectivity index (χ4n) is 2.33. The van der Waals surface area contributed by atoms with Crippen molar-refractivity contribution in [1.29, 1.82) is 0 Å². The van der Waals surface area contributed by atoms with Crippen molar-refractivity contribution in [3.63, 3.8) is 0 Å². The highest BCUT2D eigenvalue weighted by molar-refractivity contribution is 5.94.